The Labute approximate surface area is 153 Å². The van der Waals surface area contributed by atoms with Gasteiger partial charge < -0.3 is 9.64 Å². The van der Waals surface area contributed by atoms with Gasteiger partial charge >= 0.3 is 0 Å². The molecule has 2 aromatic rings. The molecule has 0 aliphatic rings. The number of rotatable bonds is 7. The van der Waals surface area contributed by atoms with Crippen LogP contribution in [0, 0.1) is 0 Å². The molecule has 0 aliphatic carbocycles. The van der Waals surface area contributed by atoms with Crippen LogP contribution in [0.4, 0.5) is 0 Å². The lowest BCUT2D eigenvalue weighted by Gasteiger charge is -2.25. The van der Waals surface area contributed by atoms with Gasteiger partial charge in [-0.2, -0.15) is 0 Å². The van der Waals surface area contributed by atoms with Crippen molar-refractivity contribution in [2.24, 2.45) is 5.14 Å². The van der Waals surface area contributed by atoms with E-state index in [1.807, 2.05) is 6.92 Å². The van der Waals surface area contributed by atoms with Crippen LogP contribution in [0.25, 0.3) is 0 Å². The summed E-state index contributed by atoms with van der Waals surface area (Å²) in [5, 5.41) is 5.10. The van der Waals surface area contributed by atoms with E-state index >= 15 is 0 Å². The number of primary sulfonamides is 1. The average molecular weight is 374 g/mol. The molecule has 1 amide bonds. The van der Waals surface area contributed by atoms with Gasteiger partial charge in [-0.15, -0.1) is 0 Å². The van der Waals surface area contributed by atoms with Gasteiger partial charge in [-0.25, -0.2) is 13.6 Å². The zero-order valence-corrected chi connectivity index (χ0v) is 15.6. The lowest BCUT2D eigenvalue weighted by molar-refractivity contribution is 0.0742. The predicted molar refractivity (Wildman–Crippen MR) is 100 cm³/mol. The lowest BCUT2D eigenvalue weighted by atomic mass is 10.1. The molecule has 0 radical (unpaired) electrons. The van der Waals surface area contributed by atoms with Crippen molar-refractivity contribution in [3.05, 3.63) is 72.3 Å². The Bertz CT molecular complexity index is 875. The Hall–Kier alpha value is -2.64. The predicted octanol–water partition coefficient (Wildman–Crippen LogP) is 2.73. The van der Waals surface area contributed by atoms with Crippen molar-refractivity contribution < 1.29 is 17.9 Å². The highest BCUT2D eigenvalue weighted by molar-refractivity contribution is 7.89. The fourth-order valence-corrected chi connectivity index (χ4v) is 2.90. The Kier molecular flexibility index (Phi) is 6.18. The van der Waals surface area contributed by atoms with E-state index in [0.29, 0.717) is 17.9 Å². The average Bonchev–Trinajstić information content (AvgIpc) is 2.64. The second-order valence-electron chi connectivity index (χ2n) is 5.83. The van der Waals surface area contributed by atoms with Crippen molar-refractivity contribution in [1.82, 2.24) is 4.90 Å². The third-order valence-electron chi connectivity index (χ3n) is 4.06. The molecular formula is C19H22N2O4S. The van der Waals surface area contributed by atoms with Crippen LogP contribution in [0.3, 0.4) is 0 Å². The third kappa shape index (κ3) is 4.71. The number of carbonyl (C=O) groups is 1. The molecule has 2 rings (SSSR count). The van der Waals surface area contributed by atoms with Gasteiger partial charge in [-0.05, 0) is 48.9 Å². The van der Waals surface area contributed by atoms with Gasteiger partial charge in [0, 0.05) is 12.6 Å². The molecule has 0 saturated heterocycles. The first-order valence-electron chi connectivity index (χ1n) is 7.97. The number of benzene rings is 2. The minimum atomic E-state index is -3.73. The van der Waals surface area contributed by atoms with E-state index in [4.69, 9.17) is 9.88 Å². The van der Waals surface area contributed by atoms with E-state index in [-0.39, 0.29) is 16.8 Å². The Morgan fingerprint density at radius 1 is 1.19 bits per heavy atom. The monoisotopic (exact) mass is 374 g/mol. The van der Waals surface area contributed by atoms with E-state index in [1.54, 1.807) is 54.4 Å². The number of hydrogen-bond acceptors (Lipinski definition) is 4. The molecule has 0 spiro atoms. The van der Waals surface area contributed by atoms with Crippen LogP contribution in [0.1, 0.15) is 28.9 Å². The van der Waals surface area contributed by atoms with Crippen LogP contribution in [0.15, 0.2) is 66.1 Å². The summed E-state index contributed by atoms with van der Waals surface area (Å²) in [6.45, 7) is 5.85. The van der Waals surface area contributed by atoms with Gasteiger partial charge in [0.25, 0.3) is 5.91 Å². The van der Waals surface area contributed by atoms with Crippen LogP contribution >= 0.6 is 0 Å². The Balaban J connectivity index is 2.12. The van der Waals surface area contributed by atoms with Crippen molar-refractivity contribution >= 4 is 15.9 Å². The SMILES string of the molecule is C=CCOc1ccc(C(=O)N(C)C(C)c2ccc(S(N)(=O)=O)cc2)cc1. The van der Waals surface area contributed by atoms with E-state index in [1.165, 1.54) is 12.1 Å². The van der Waals surface area contributed by atoms with Gasteiger partial charge in [0.15, 0.2) is 0 Å². The molecule has 6 nitrogen and oxygen atoms in total. The summed E-state index contributed by atoms with van der Waals surface area (Å²) in [6, 6.07) is 12.8. The first-order valence-corrected chi connectivity index (χ1v) is 9.52. The second kappa shape index (κ2) is 8.16. The molecule has 0 heterocycles. The summed E-state index contributed by atoms with van der Waals surface area (Å²) in [6.07, 6.45) is 1.65. The number of nitrogens with two attached hydrogens (primary N) is 1. The van der Waals surface area contributed by atoms with E-state index in [2.05, 4.69) is 6.58 Å². The number of ether oxygens (including phenoxy) is 1. The topological polar surface area (TPSA) is 89.7 Å². The first-order chi connectivity index (χ1) is 12.2. The zero-order valence-electron chi connectivity index (χ0n) is 14.8. The van der Waals surface area contributed by atoms with Gasteiger partial charge in [0.05, 0.1) is 10.9 Å². The maximum Gasteiger partial charge on any atom is 0.254 e. The highest BCUT2D eigenvalue weighted by Gasteiger charge is 2.19. The number of amides is 1. The molecule has 1 atom stereocenters. The molecule has 0 saturated carbocycles. The molecule has 2 N–H and O–H groups in total. The van der Waals surface area contributed by atoms with Gasteiger partial charge in [-0.3, -0.25) is 4.79 Å². The molecule has 0 aliphatic heterocycles. The van der Waals surface area contributed by atoms with Crippen molar-refractivity contribution in [2.75, 3.05) is 13.7 Å². The maximum atomic E-state index is 12.7. The van der Waals surface area contributed by atoms with E-state index in [9.17, 15) is 13.2 Å². The first kappa shape index (κ1) is 19.7. The molecular weight excluding hydrogens is 352 g/mol. The zero-order chi connectivity index (χ0) is 19.3. The molecule has 26 heavy (non-hydrogen) atoms. The number of nitrogens with zero attached hydrogens (tertiary/aromatic N) is 1. The molecule has 0 fully saturated rings. The van der Waals surface area contributed by atoms with Crippen LogP contribution in [-0.4, -0.2) is 32.9 Å². The maximum absolute atomic E-state index is 12.7. The minimum Gasteiger partial charge on any atom is -0.490 e. The molecule has 7 heteroatoms. The fraction of sp³-hybridized carbons (Fsp3) is 0.211. The second-order valence-corrected chi connectivity index (χ2v) is 7.39. The molecule has 0 aromatic heterocycles. The van der Waals surface area contributed by atoms with Crippen LogP contribution in [0.2, 0.25) is 0 Å². The van der Waals surface area contributed by atoms with Gasteiger partial charge in [0.2, 0.25) is 10.0 Å². The third-order valence-corrected chi connectivity index (χ3v) is 4.99. The highest BCUT2D eigenvalue weighted by atomic mass is 32.2. The molecule has 1 unspecified atom stereocenters. The Morgan fingerprint density at radius 2 is 1.77 bits per heavy atom. The molecule has 138 valence electrons. The van der Waals surface area contributed by atoms with Crippen molar-refractivity contribution in [3.63, 3.8) is 0 Å². The standard InChI is InChI=1S/C19H22N2O4S/c1-4-13-25-17-9-5-16(6-10-17)19(22)21(3)14(2)15-7-11-18(12-8-15)26(20,23)24/h4-12,14H,1,13H2,2-3H3,(H2,20,23,24). The largest absolute Gasteiger partial charge is 0.490 e. The quantitative estimate of drug-likeness (QED) is 0.755. The normalized spacial score (nSPS) is 12.3. The van der Waals surface area contributed by atoms with E-state index < -0.39 is 10.0 Å². The summed E-state index contributed by atoms with van der Waals surface area (Å²) in [5.41, 5.74) is 1.34. The Morgan fingerprint density at radius 3 is 2.27 bits per heavy atom. The van der Waals surface area contributed by atoms with Crippen LogP contribution in [0.5, 0.6) is 5.75 Å². The van der Waals surface area contributed by atoms with Crippen molar-refractivity contribution in [3.8, 4) is 5.75 Å². The van der Waals surface area contributed by atoms with Gasteiger partial charge in [0.1, 0.15) is 12.4 Å². The molecule has 0 bridgehead atoms. The summed E-state index contributed by atoms with van der Waals surface area (Å²) >= 11 is 0. The lowest BCUT2D eigenvalue weighted by Crippen LogP contribution is -2.29. The summed E-state index contributed by atoms with van der Waals surface area (Å²) in [4.78, 5) is 14.3. The smallest absolute Gasteiger partial charge is 0.254 e. The van der Waals surface area contributed by atoms with E-state index in [0.717, 1.165) is 5.56 Å². The van der Waals surface area contributed by atoms with Crippen LogP contribution in [-0.2, 0) is 10.0 Å². The van der Waals surface area contributed by atoms with Crippen molar-refractivity contribution in [2.45, 2.75) is 17.9 Å². The fourth-order valence-electron chi connectivity index (χ4n) is 2.39. The number of sulfonamides is 1. The minimum absolute atomic E-state index is 0.0394. The number of carbonyl (C=O) groups excluding carboxylic acids is 1. The summed E-state index contributed by atoms with van der Waals surface area (Å²) in [5.74, 6) is 0.513. The summed E-state index contributed by atoms with van der Waals surface area (Å²) in [7, 11) is -2.04. The van der Waals surface area contributed by atoms with Gasteiger partial charge in [-0.1, -0.05) is 24.8 Å². The van der Waals surface area contributed by atoms with Crippen molar-refractivity contribution in [1.29, 1.82) is 0 Å². The summed E-state index contributed by atoms with van der Waals surface area (Å²) < 4.78 is 28.1. The number of hydrogen-bond donors (Lipinski definition) is 1. The molecule has 2 aromatic carbocycles. The van der Waals surface area contributed by atoms with Crippen LogP contribution < -0.4 is 9.88 Å². The highest BCUT2D eigenvalue weighted by Crippen LogP contribution is 2.23.